The van der Waals surface area contributed by atoms with Gasteiger partial charge in [0.15, 0.2) is 5.13 Å². The molecule has 0 unspecified atom stereocenters. The molecule has 1 aromatic carbocycles. The first-order chi connectivity index (χ1) is 9.90. The smallest absolute Gasteiger partial charge is 0.186 e. The van der Waals surface area contributed by atoms with Crippen molar-refractivity contribution in [2.24, 2.45) is 0 Å². The molecule has 0 saturated carbocycles. The van der Waals surface area contributed by atoms with E-state index in [4.69, 9.17) is 4.98 Å². The highest BCUT2D eigenvalue weighted by atomic mass is 32.1. The van der Waals surface area contributed by atoms with Gasteiger partial charge < -0.3 is 9.80 Å². The number of piperidine rings is 1. The summed E-state index contributed by atoms with van der Waals surface area (Å²) in [6.45, 7) is 4.99. The van der Waals surface area contributed by atoms with Crippen molar-refractivity contribution >= 4 is 26.7 Å². The van der Waals surface area contributed by atoms with Crippen LogP contribution in [0.4, 0.5) is 5.13 Å². The van der Waals surface area contributed by atoms with Crippen LogP contribution in [0.2, 0.25) is 0 Å². The highest BCUT2D eigenvalue weighted by molar-refractivity contribution is 7.22. The van der Waals surface area contributed by atoms with Gasteiger partial charge in [-0.1, -0.05) is 23.5 Å². The Bertz CT molecular complexity index is 547. The van der Waals surface area contributed by atoms with Crippen molar-refractivity contribution in [1.29, 1.82) is 0 Å². The molecule has 0 atom stereocenters. The highest BCUT2D eigenvalue weighted by Crippen LogP contribution is 2.31. The lowest BCUT2D eigenvalue weighted by Gasteiger charge is -2.36. The van der Waals surface area contributed by atoms with E-state index in [1.807, 2.05) is 11.3 Å². The zero-order valence-corrected chi connectivity index (χ0v) is 12.6. The molecule has 0 radical (unpaired) electrons. The van der Waals surface area contributed by atoms with E-state index in [0.29, 0.717) is 0 Å². The average molecular weight is 287 g/mol. The van der Waals surface area contributed by atoms with Crippen LogP contribution >= 0.6 is 11.3 Å². The topological polar surface area (TPSA) is 19.4 Å². The number of rotatable bonds is 2. The molecular formula is C16H21N3S. The number of hydrogen-bond acceptors (Lipinski definition) is 4. The van der Waals surface area contributed by atoms with Crippen LogP contribution in [0.3, 0.4) is 0 Å². The lowest BCUT2D eigenvalue weighted by molar-refractivity contribution is 0.208. The second kappa shape index (κ2) is 5.34. The lowest BCUT2D eigenvalue weighted by atomic mass is 10.0. The number of aromatic nitrogens is 1. The first-order valence-electron chi connectivity index (χ1n) is 7.75. The second-order valence-electron chi connectivity index (χ2n) is 5.93. The predicted molar refractivity (Wildman–Crippen MR) is 85.7 cm³/mol. The number of benzene rings is 1. The maximum atomic E-state index is 4.79. The number of fused-ring (bicyclic) bond motifs is 1. The molecule has 3 nitrogen and oxygen atoms in total. The third-order valence-electron chi connectivity index (χ3n) is 4.67. The maximum absolute atomic E-state index is 4.79. The van der Waals surface area contributed by atoms with Crippen LogP contribution in [-0.2, 0) is 0 Å². The van der Waals surface area contributed by atoms with Crippen molar-refractivity contribution in [3.63, 3.8) is 0 Å². The summed E-state index contributed by atoms with van der Waals surface area (Å²) >= 11 is 1.84. The van der Waals surface area contributed by atoms with Crippen molar-refractivity contribution in [3.8, 4) is 0 Å². The molecule has 4 rings (SSSR count). The van der Waals surface area contributed by atoms with Crippen LogP contribution in [0.5, 0.6) is 0 Å². The van der Waals surface area contributed by atoms with Gasteiger partial charge in [0.1, 0.15) is 0 Å². The Kier molecular flexibility index (Phi) is 3.36. The quantitative estimate of drug-likeness (QED) is 0.844. The summed E-state index contributed by atoms with van der Waals surface area (Å²) in [6.07, 6.45) is 5.40. The largest absolute Gasteiger partial charge is 0.348 e. The minimum atomic E-state index is 0.822. The Hall–Kier alpha value is -1.13. The molecule has 0 N–H and O–H groups in total. The van der Waals surface area contributed by atoms with E-state index in [9.17, 15) is 0 Å². The molecule has 0 aliphatic carbocycles. The van der Waals surface area contributed by atoms with E-state index in [1.165, 1.54) is 61.7 Å². The monoisotopic (exact) mass is 287 g/mol. The summed E-state index contributed by atoms with van der Waals surface area (Å²) in [7, 11) is 0. The van der Waals surface area contributed by atoms with Gasteiger partial charge >= 0.3 is 0 Å². The Balaban J connectivity index is 1.45. The molecule has 2 aliphatic heterocycles. The van der Waals surface area contributed by atoms with Gasteiger partial charge in [-0.3, -0.25) is 0 Å². The van der Waals surface area contributed by atoms with E-state index in [2.05, 4.69) is 34.1 Å². The van der Waals surface area contributed by atoms with Gasteiger partial charge in [-0.15, -0.1) is 0 Å². The second-order valence-corrected chi connectivity index (χ2v) is 6.93. The van der Waals surface area contributed by atoms with Gasteiger partial charge in [0.05, 0.1) is 10.2 Å². The van der Waals surface area contributed by atoms with Crippen LogP contribution in [-0.4, -0.2) is 42.1 Å². The van der Waals surface area contributed by atoms with Crippen molar-refractivity contribution in [1.82, 2.24) is 9.88 Å². The van der Waals surface area contributed by atoms with Gasteiger partial charge in [0.25, 0.3) is 0 Å². The average Bonchev–Trinajstić information content (AvgIpc) is 3.17. The SMILES string of the molecule is c1ccc2sc(N3CCC(N4CCCC4)CC3)nc2c1. The van der Waals surface area contributed by atoms with E-state index in [0.717, 1.165) is 11.6 Å². The van der Waals surface area contributed by atoms with Gasteiger partial charge in [0, 0.05) is 19.1 Å². The van der Waals surface area contributed by atoms with Gasteiger partial charge in [-0.2, -0.15) is 0 Å². The van der Waals surface area contributed by atoms with Crippen molar-refractivity contribution in [3.05, 3.63) is 24.3 Å². The van der Waals surface area contributed by atoms with Crippen LogP contribution in [0, 0.1) is 0 Å². The summed E-state index contributed by atoms with van der Waals surface area (Å²) in [6, 6.07) is 9.29. The maximum Gasteiger partial charge on any atom is 0.186 e. The number of para-hydroxylation sites is 1. The molecule has 0 spiro atoms. The molecule has 0 bridgehead atoms. The fourth-order valence-corrected chi connectivity index (χ4v) is 4.54. The van der Waals surface area contributed by atoms with Crippen LogP contribution < -0.4 is 4.90 Å². The third kappa shape index (κ3) is 2.31. The van der Waals surface area contributed by atoms with Crippen LogP contribution in [0.15, 0.2) is 24.3 Å². The zero-order valence-electron chi connectivity index (χ0n) is 11.8. The summed E-state index contributed by atoms with van der Waals surface area (Å²) in [4.78, 5) is 9.98. The van der Waals surface area contributed by atoms with Crippen molar-refractivity contribution in [2.45, 2.75) is 31.7 Å². The Labute approximate surface area is 124 Å². The van der Waals surface area contributed by atoms with E-state index in [1.54, 1.807) is 0 Å². The van der Waals surface area contributed by atoms with Crippen LogP contribution in [0.1, 0.15) is 25.7 Å². The molecule has 106 valence electrons. The number of thiazole rings is 1. The molecule has 2 aromatic rings. The summed E-state index contributed by atoms with van der Waals surface area (Å²) in [5, 5.41) is 1.21. The molecular weight excluding hydrogens is 266 g/mol. The molecule has 1 aromatic heterocycles. The van der Waals surface area contributed by atoms with E-state index >= 15 is 0 Å². The molecule has 0 amide bonds. The Morgan fingerprint density at radius 3 is 2.50 bits per heavy atom. The first-order valence-corrected chi connectivity index (χ1v) is 8.56. The molecule has 20 heavy (non-hydrogen) atoms. The van der Waals surface area contributed by atoms with Gasteiger partial charge in [-0.25, -0.2) is 4.98 Å². The van der Waals surface area contributed by atoms with E-state index < -0.39 is 0 Å². The molecule has 2 fully saturated rings. The summed E-state index contributed by atoms with van der Waals surface area (Å²) < 4.78 is 1.31. The molecule has 2 aliphatic rings. The normalized spacial score (nSPS) is 21.9. The van der Waals surface area contributed by atoms with E-state index in [-0.39, 0.29) is 0 Å². The summed E-state index contributed by atoms with van der Waals surface area (Å²) in [5.74, 6) is 0. The van der Waals surface area contributed by atoms with Gasteiger partial charge in [-0.05, 0) is 50.9 Å². The fraction of sp³-hybridized carbons (Fsp3) is 0.562. The van der Waals surface area contributed by atoms with Crippen LogP contribution in [0.25, 0.3) is 10.2 Å². The molecule has 2 saturated heterocycles. The van der Waals surface area contributed by atoms with Crippen molar-refractivity contribution < 1.29 is 0 Å². The first kappa shape index (κ1) is 12.6. The zero-order chi connectivity index (χ0) is 13.4. The molecule has 3 heterocycles. The Morgan fingerprint density at radius 2 is 1.75 bits per heavy atom. The standard InChI is InChI=1S/C16H21N3S/c1-2-6-15-14(5-1)17-16(20-15)19-11-7-13(8-12-19)18-9-3-4-10-18/h1-2,5-6,13H,3-4,7-12H2. The number of nitrogens with zero attached hydrogens (tertiary/aromatic N) is 3. The van der Waals surface area contributed by atoms with Crippen molar-refractivity contribution in [2.75, 3.05) is 31.1 Å². The fourth-order valence-electron chi connectivity index (χ4n) is 3.52. The third-order valence-corrected chi connectivity index (χ3v) is 5.77. The minimum absolute atomic E-state index is 0.822. The van der Waals surface area contributed by atoms with Gasteiger partial charge in [0.2, 0.25) is 0 Å². The molecule has 4 heteroatoms. The summed E-state index contributed by atoms with van der Waals surface area (Å²) in [5.41, 5.74) is 1.15. The highest BCUT2D eigenvalue weighted by Gasteiger charge is 2.27. The number of anilines is 1. The Morgan fingerprint density at radius 1 is 1.00 bits per heavy atom. The minimum Gasteiger partial charge on any atom is -0.348 e. The lowest BCUT2D eigenvalue weighted by Crippen LogP contribution is -2.43. The number of hydrogen-bond donors (Lipinski definition) is 0. The predicted octanol–water partition coefficient (Wildman–Crippen LogP) is 3.36. The number of likely N-dealkylation sites (tertiary alicyclic amines) is 1.